The van der Waals surface area contributed by atoms with Gasteiger partial charge in [0.25, 0.3) is 0 Å². The van der Waals surface area contributed by atoms with Gasteiger partial charge in [-0.1, -0.05) is 30.0 Å². The number of rotatable bonds is 4. The lowest BCUT2D eigenvalue weighted by Crippen LogP contribution is -1.98. The van der Waals surface area contributed by atoms with Crippen LogP contribution in [0.5, 0.6) is 0 Å². The number of aromatic nitrogens is 1. The smallest absolute Gasteiger partial charge is 0.258 e. The monoisotopic (exact) mass is 292 g/mol. The summed E-state index contributed by atoms with van der Waals surface area (Å²) in [7, 11) is 0. The van der Waals surface area contributed by atoms with Crippen molar-refractivity contribution in [1.82, 2.24) is 4.98 Å². The number of pyridine rings is 1. The predicted molar refractivity (Wildman–Crippen MR) is 76.3 cm³/mol. The van der Waals surface area contributed by atoms with Crippen LogP contribution in [0.25, 0.3) is 0 Å². The van der Waals surface area contributed by atoms with Gasteiger partial charge in [0.2, 0.25) is 0 Å². The number of hydrogen-bond acceptors (Lipinski definition) is 4. The summed E-state index contributed by atoms with van der Waals surface area (Å²) in [5.41, 5.74) is 1.19. The van der Waals surface area contributed by atoms with Crippen LogP contribution < -0.4 is 0 Å². The van der Waals surface area contributed by atoms with Gasteiger partial charge in [-0.3, -0.25) is 10.1 Å². The van der Waals surface area contributed by atoms with Crippen LogP contribution in [0.1, 0.15) is 23.3 Å². The number of nitro groups is 1. The highest BCUT2D eigenvalue weighted by atomic mass is 32.2. The average molecular weight is 292 g/mol. The second-order valence-electron chi connectivity index (χ2n) is 4.38. The lowest BCUT2D eigenvalue weighted by molar-refractivity contribution is -0.388. The Balaban J connectivity index is 2.31. The highest BCUT2D eigenvalue weighted by molar-refractivity contribution is 7.99. The molecule has 0 bridgehead atoms. The van der Waals surface area contributed by atoms with E-state index in [4.69, 9.17) is 0 Å². The third-order valence-corrected chi connectivity index (χ3v) is 3.94. The SMILES string of the molecule is Cc1cnc(SC(C)c2ccccc2F)c([N+](=O)[O-])c1. The third kappa shape index (κ3) is 3.14. The van der Waals surface area contributed by atoms with E-state index in [1.54, 1.807) is 38.2 Å². The van der Waals surface area contributed by atoms with Crippen LogP contribution in [0, 0.1) is 22.9 Å². The maximum absolute atomic E-state index is 13.7. The Morgan fingerprint density at radius 2 is 2.10 bits per heavy atom. The normalized spacial score (nSPS) is 12.2. The highest BCUT2D eigenvalue weighted by Gasteiger charge is 2.20. The molecular formula is C14H13FN2O2S. The van der Waals surface area contributed by atoms with E-state index < -0.39 is 4.92 Å². The van der Waals surface area contributed by atoms with Crippen molar-refractivity contribution in [2.75, 3.05) is 0 Å². The number of thioether (sulfide) groups is 1. The molecule has 0 spiro atoms. The summed E-state index contributed by atoms with van der Waals surface area (Å²) >= 11 is 1.18. The molecule has 0 aliphatic rings. The maximum atomic E-state index is 13.7. The van der Waals surface area contributed by atoms with Crippen molar-refractivity contribution >= 4 is 17.4 Å². The molecule has 1 aromatic heterocycles. The van der Waals surface area contributed by atoms with Crippen LogP contribution in [0.15, 0.2) is 41.6 Å². The molecule has 1 heterocycles. The molecule has 0 aliphatic carbocycles. The van der Waals surface area contributed by atoms with Gasteiger partial charge in [0.1, 0.15) is 5.82 Å². The molecular weight excluding hydrogens is 279 g/mol. The van der Waals surface area contributed by atoms with Crippen LogP contribution in [-0.2, 0) is 0 Å². The minimum Gasteiger partial charge on any atom is -0.258 e. The minimum absolute atomic E-state index is 0.0433. The Kier molecular flexibility index (Phi) is 4.34. The summed E-state index contributed by atoms with van der Waals surface area (Å²) in [6.07, 6.45) is 1.57. The second kappa shape index (κ2) is 6.00. The Morgan fingerprint density at radius 3 is 2.75 bits per heavy atom. The van der Waals surface area contributed by atoms with Crippen molar-refractivity contribution in [3.8, 4) is 0 Å². The fraction of sp³-hybridized carbons (Fsp3) is 0.214. The van der Waals surface area contributed by atoms with Gasteiger partial charge >= 0.3 is 5.69 Å². The molecule has 104 valence electrons. The molecule has 2 aromatic rings. The van der Waals surface area contributed by atoms with Crippen molar-refractivity contribution in [3.05, 3.63) is 63.6 Å². The van der Waals surface area contributed by atoms with Crippen LogP contribution in [0.3, 0.4) is 0 Å². The van der Waals surface area contributed by atoms with E-state index in [2.05, 4.69) is 4.98 Å². The molecule has 0 aliphatic heterocycles. The second-order valence-corrected chi connectivity index (χ2v) is 5.71. The van der Waals surface area contributed by atoms with E-state index >= 15 is 0 Å². The summed E-state index contributed by atoms with van der Waals surface area (Å²) in [5.74, 6) is -0.317. The number of benzene rings is 1. The average Bonchev–Trinajstić information content (AvgIpc) is 2.41. The largest absolute Gasteiger partial charge is 0.301 e. The lowest BCUT2D eigenvalue weighted by Gasteiger charge is -2.12. The minimum atomic E-state index is -0.462. The van der Waals surface area contributed by atoms with Gasteiger partial charge in [-0.15, -0.1) is 0 Å². The fourth-order valence-electron chi connectivity index (χ4n) is 1.80. The first-order chi connectivity index (χ1) is 9.49. The Hall–Kier alpha value is -1.95. The quantitative estimate of drug-likeness (QED) is 0.479. The summed E-state index contributed by atoms with van der Waals surface area (Å²) in [5, 5.41) is 11.1. The van der Waals surface area contributed by atoms with Crippen LogP contribution in [0.4, 0.5) is 10.1 Å². The van der Waals surface area contributed by atoms with Gasteiger partial charge in [0, 0.05) is 23.1 Å². The molecule has 1 atom stereocenters. The molecule has 0 fully saturated rings. The zero-order chi connectivity index (χ0) is 14.7. The van der Waals surface area contributed by atoms with E-state index in [9.17, 15) is 14.5 Å². The molecule has 1 aromatic carbocycles. The first kappa shape index (κ1) is 14.5. The summed E-state index contributed by atoms with van der Waals surface area (Å²) in [6, 6.07) is 7.88. The van der Waals surface area contributed by atoms with Gasteiger partial charge in [0.05, 0.1) is 4.92 Å². The number of hydrogen-bond donors (Lipinski definition) is 0. The predicted octanol–water partition coefficient (Wildman–Crippen LogP) is 4.29. The first-order valence-electron chi connectivity index (χ1n) is 6.01. The Bertz CT molecular complexity index is 649. The first-order valence-corrected chi connectivity index (χ1v) is 6.89. The van der Waals surface area contributed by atoms with Crippen LogP contribution in [0.2, 0.25) is 0 Å². The third-order valence-electron chi connectivity index (χ3n) is 2.80. The van der Waals surface area contributed by atoms with E-state index in [0.29, 0.717) is 10.6 Å². The zero-order valence-electron chi connectivity index (χ0n) is 11.0. The van der Waals surface area contributed by atoms with Crippen LogP contribution >= 0.6 is 11.8 Å². The molecule has 1 unspecified atom stereocenters. The number of halogens is 1. The van der Waals surface area contributed by atoms with E-state index in [0.717, 1.165) is 5.56 Å². The molecule has 20 heavy (non-hydrogen) atoms. The van der Waals surface area contributed by atoms with Crippen molar-refractivity contribution in [1.29, 1.82) is 0 Å². The van der Waals surface area contributed by atoms with Gasteiger partial charge in [-0.25, -0.2) is 9.37 Å². The zero-order valence-corrected chi connectivity index (χ0v) is 11.9. The molecule has 2 rings (SSSR count). The van der Waals surface area contributed by atoms with E-state index in [1.165, 1.54) is 23.9 Å². The summed E-state index contributed by atoms with van der Waals surface area (Å²) < 4.78 is 13.7. The molecule has 0 N–H and O–H groups in total. The number of aryl methyl sites for hydroxylation is 1. The fourth-order valence-corrected chi connectivity index (χ4v) is 2.82. The topological polar surface area (TPSA) is 56.0 Å². The molecule has 0 saturated heterocycles. The Labute approximate surface area is 120 Å². The van der Waals surface area contributed by atoms with Crippen molar-refractivity contribution in [2.24, 2.45) is 0 Å². The standard InChI is InChI=1S/C14H13FN2O2S/c1-9-7-13(17(18)19)14(16-8-9)20-10(2)11-5-3-4-6-12(11)15/h3-8,10H,1-2H3. The Morgan fingerprint density at radius 1 is 1.40 bits per heavy atom. The lowest BCUT2D eigenvalue weighted by atomic mass is 10.1. The van der Waals surface area contributed by atoms with E-state index in [1.807, 2.05) is 0 Å². The summed E-state index contributed by atoms with van der Waals surface area (Å²) in [4.78, 5) is 14.7. The van der Waals surface area contributed by atoms with Crippen molar-refractivity contribution in [3.63, 3.8) is 0 Å². The summed E-state index contributed by atoms with van der Waals surface area (Å²) in [6.45, 7) is 3.54. The maximum Gasteiger partial charge on any atom is 0.301 e. The molecule has 0 saturated carbocycles. The molecule has 0 amide bonds. The van der Waals surface area contributed by atoms with Gasteiger partial charge < -0.3 is 0 Å². The highest BCUT2D eigenvalue weighted by Crippen LogP contribution is 2.39. The van der Waals surface area contributed by atoms with Gasteiger partial charge in [-0.05, 0) is 25.5 Å². The molecule has 6 heteroatoms. The molecule has 0 radical (unpaired) electrons. The molecule has 4 nitrogen and oxygen atoms in total. The van der Waals surface area contributed by atoms with E-state index in [-0.39, 0.29) is 16.8 Å². The van der Waals surface area contributed by atoms with Crippen molar-refractivity contribution < 1.29 is 9.31 Å². The van der Waals surface area contributed by atoms with Crippen LogP contribution in [-0.4, -0.2) is 9.91 Å². The van der Waals surface area contributed by atoms with Gasteiger partial charge in [0.15, 0.2) is 5.03 Å². The van der Waals surface area contributed by atoms with Crippen molar-refractivity contribution in [2.45, 2.75) is 24.1 Å². The number of nitrogens with zero attached hydrogens (tertiary/aromatic N) is 2. The van der Waals surface area contributed by atoms with Gasteiger partial charge in [-0.2, -0.15) is 0 Å².